The van der Waals surface area contributed by atoms with Gasteiger partial charge in [0.2, 0.25) is 10.0 Å². The molecule has 0 saturated carbocycles. The van der Waals surface area contributed by atoms with Crippen LogP contribution in [0.3, 0.4) is 0 Å². The SMILES string of the molecule is O=C(NCCN1CCCS1(=O)=O)c1ccc(Oc2ccc(Br)cc2)c(F)c1. The van der Waals surface area contributed by atoms with Crippen molar-refractivity contribution < 1.29 is 22.3 Å². The number of nitrogens with one attached hydrogen (secondary N) is 1. The Balaban J connectivity index is 1.57. The first-order valence-electron chi connectivity index (χ1n) is 8.34. The number of hydrogen-bond donors (Lipinski definition) is 1. The van der Waals surface area contributed by atoms with E-state index in [1.807, 2.05) is 0 Å². The minimum absolute atomic E-state index is 0.0111. The zero-order valence-electron chi connectivity index (χ0n) is 14.3. The molecule has 3 rings (SSSR count). The van der Waals surface area contributed by atoms with Gasteiger partial charge in [0, 0.05) is 29.7 Å². The van der Waals surface area contributed by atoms with Crippen LogP contribution in [0.4, 0.5) is 4.39 Å². The molecule has 2 aromatic carbocycles. The van der Waals surface area contributed by atoms with Gasteiger partial charge in [0.1, 0.15) is 5.75 Å². The Morgan fingerprint density at radius 1 is 1.22 bits per heavy atom. The van der Waals surface area contributed by atoms with Crippen molar-refractivity contribution in [2.24, 2.45) is 0 Å². The largest absolute Gasteiger partial charge is 0.454 e. The van der Waals surface area contributed by atoms with Gasteiger partial charge in [-0.15, -0.1) is 0 Å². The average Bonchev–Trinajstić information content (AvgIpc) is 2.97. The molecule has 0 aromatic heterocycles. The molecule has 0 radical (unpaired) electrons. The molecule has 1 N–H and O–H groups in total. The predicted octanol–water partition coefficient (Wildman–Crippen LogP) is 3.15. The molecular weight excluding hydrogens is 439 g/mol. The highest BCUT2D eigenvalue weighted by molar-refractivity contribution is 9.10. The van der Waals surface area contributed by atoms with Crippen LogP contribution in [-0.2, 0) is 10.0 Å². The number of sulfonamides is 1. The summed E-state index contributed by atoms with van der Waals surface area (Å²) in [5.74, 6) is -0.502. The monoisotopic (exact) mass is 456 g/mol. The predicted molar refractivity (Wildman–Crippen MR) is 103 cm³/mol. The molecule has 0 spiro atoms. The fraction of sp³-hybridized carbons (Fsp3) is 0.278. The van der Waals surface area contributed by atoms with Gasteiger partial charge in [-0.05, 0) is 48.9 Å². The number of carbonyl (C=O) groups excluding carboxylic acids is 1. The summed E-state index contributed by atoms with van der Waals surface area (Å²) >= 11 is 3.31. The van der Waals surface area contributed by atoms with E-state index in [9.17, 15) is 17.6 Å². The van der Waals surface area contributed by atoms with Crippen LogP contribution in [0.1, 0.15) is 16.8 Å². The Labute approximate surface area is 165 Å². The highest BCUT2D eigenvalue weighted by Crippen LogP contribution is 2.26. The molecule has 0 bridgehead atoms. The van der Waals surface area contributed by atoms with Gasteiger partial charge in [0.05, 0.1) is 5.75 Å². The zero-order chi connectivity index (χ0) is 19.4. The van der Waals surface area contributed by atoms with Gasteiger partial charge in [0.25, 0.3) is 5.91 Å². The van der Waals surface area contributed by atoms with Gasteiger partial charge < -0.3 is 10.1 Å². The topological polar surface area (TPSA) is 75.7 Å². The third-order valence-corrected chi connectivity index (χ3v) is 6.57. The van der Waals surface area contributed by atoms with Crippen LogP contribution in [0.2, 0.25) is 0 Å². The average molecular weight is 457 g/mol. The van der Waals surface area contributed by atoms with Crippen LogP contribution in [0.25, 0.3) is 0 Å². The number of amides is 1. The van der Waals surface area contributed by atoms with Gasteiger partial charge in [-0.3, -0.25) is 4.79 Å². The first-order chi connectivity index (χ1) is 12.8. The Kier molecular flexibility index (Phi) is 6.13. The van der Waals surface area contributed by atoms with Gasteiger partial charge in [-0.25, -0.2) is 17.1 Å². The maximum absolute atomic E-state index is 14.2. The summed E-state index contributed by atoms with van der Waals surface area (Å²) in [7, 11) is -3.19. The van der Waals surface area contributed by atoms with E-state index in [-0.39, 0.29) is 30.2 Å². The second-order valence-electron chi connectivity index (χ2n) is 6.03. The summed E-state index contributed by atoms with van der Waals surface area (Å²) in [5, 5.41) is 2.61. The van der Waals surface area contributed by atoms with Crippen molar-refractivity contribution in [1.82, 2.24) is 9.62 Å². The van der Waals surface area contributed by atoms with Gasteiger partial charge in [-0.2, -0.15) is 0 Å². The molecule has 1 saturated heterocycles. The van der Waals surface area contributed by atoms with E-state index < -0.39 is 21.7 Å². The van der Waals surface area contributed by atoms with Crippen LogP contribution in [0.15, 0.2) is 46.9 Å². The van der Waals surface area contributed by atoms with E-state index in [1.54, 1.807) is 24.3 Å². The van der Waals surface area contributed by atoms with Crippen molar-refractivity contribution in [2.45, 2.75) is 6.42 Å². The standard InChI is InChI=1S/C18H18BrFN2O4S/c19-14-3-5-15(6-4-14)26-17-7-2-13(12-16(17)20)18(23)21-8-10-22-9-1-11-27(22,24)25/h2-7,12H,1,8-11H2,(H,21,23). The lowest BCUT2D eigenvalue weighted by molar-refractivity contribution is 0.0951. The van der Waals surface area contributed by atoms with E-state index >= 15 is 0 Å². The van der Waals surface area contributed by atoms with E-state index in [4.69, 9.17) is 4.74 Å². The molecule has 1 aliphatic heterocycles. The van der Waals surface area contributed by atoms with Crippen LogP contribution >= 0.6 is 15.9 Å². The normalized spacial score (nSPS) is 16.2. The zero-order valence-corrected chi connectivity index (χ0v) is 16.7. The lowest BCUT2D eigenvalue weighted by Gasteiger charge is -2.14. The van der Waals surface area contributed by atoms with Gasteiger partial charge in [-0.1, -0.05) is 15.9 Å². The van der Waals surface area contributed by atoms with Crippen LogP contribution in [0.5, 0.6) is 11.5 Å². The smallest absolute Gasteiger partial charge is 0.251 e. The summed E-state index contributed by atoms with van der Waals surface area (Å²) in [6.07, 6.45) is 0.599. The highest BCUT2D eigenvalue weighted by atomic mass is 79.9. The van der Waals surface area contributed by atoms with Crippen LogP contribution < -0.4 is 10.1 Å². The van der Waals surface area contributed by atoms with Crippen LogP contribution in [0, 0.1) is 5.82 Å². The molecule has 1 amide bonds. The molecule has 0 unspecified atom stereocenters. The summed E-state index contributed by atoms with van der Waals surface area (Å²) < 4.78 is 45.4. The molecule has 1 heterocycles. The Bertz CT molecular complexity index is 935. The number of rotatable bonds is 6. The Morgan fingerprint density at radius 3 is 2.59 bits per heavy atom. The maximum atomic E-state index is 14.2. The minimum Gasteiger partial charge on any atom is -0.454 e. The Morgan fingerprint density at radius 2 is 1.96 bits per heavy atom. The molecule has 0 aliphatic carbocycles. The third kappa shape index (κ3) is 5.06. The van der Waals surface area contributed by atoms with Crippen molar-refractivity contribution in [3.63, 3.8) is 0 Å². The fourth-order valence-corrected chi connectivity index (χ4v) is 4.49. The second-order valence-corrected chi connectivity index (χ2v) is 9.03. The quantitative estimate of drug-likeness (QED) is 0.724. The first kappa shape index (κ1) is 19.8. The molecule has 2 aromatic rings. The molecule has 1 aliphatic rings. The molecular formula is C18H18BrFN2O4S. The summed E-state index contributed by atoms with van der Waals surface area (Å²) in [5.41, 5.74) is 0.139. The van der Waals surface area contributed by atoms with Gasteiger partial charge in [0.15, 0.2) is 11.6 Å². The van der Waals surface area contributed by atoms with E-state index in [0.717, 1.165) is 10.5 Å². The Hall–Kier alpha value is -1.97. The molecule has 9 heteroatoms. The number of benzene rings is 2. The van der Waals surface area contributed by atoms with E-state index in [2.05, 4.69) is 21.2 Å². The van der Waals surface area contributed by atoms with Gasteiger partial charge >= 0.3 is 0 Å². The molecule has 144 valence electrons. The molecule has 27 heavy (non-hydrogen) atoms. The number of halogens is 2. The number of nitrogens with zero attached hydrogens (tertiary/aromatic N) is 1. The van der Waals surface area contributed by atoms with Crippen molar-refractivity contribution >= 4 is 31.9 Å². The fourth-order valence-electron chi connectivity index (χ4n) is 2.69. The van der Waals surface area contributed by atoms with Crippen molar-refractivity contribution in [2.75, 3.05) is 25.4 Å². The van der Waals surface area contributed by atoms with Crippen molar-refractivity contribution in [1.29, 1.82) is 0 Å². The van der Waals surface area contributed by atoms with E-state index in [1.165, 1.54) is 16.4 Å². The molecule has 1 fully saturated rings. The van der Waals surface area contributed by atoms with Crippen LogP contribution in [-0.4, -0.2) is 44.0 Å². The van der Waals surface area contributed by atoms with Crippen molar-refractivity contribution in [3.05, 3.63) is 58.3 Å². The molecule has 0 atom stereocenters. The maximum Gasteiger partial charge on any atom is 0.251 e. The minimum atomic E-state index is -3.19. The second kappa shape index (κ2) is 8.37. The lowest BCUT2D eigenvalue weighted by Crippen LogP contribution is -2.35. The summed E-state index contributed by atoms with van der Waals surface area (Å²) in [6.45, 7) is 0.840. The van der Waals surface area contributed by atoms with E-state index in [0.29, 0.717) is 18.7 Å². The first-order valence-corrected chi connectivity index (χ1v) is 10.7. The summed E-state index contributed by atoms with van der Waals surface area (Å²) in [6, 6.07) is 10.9. The summed E-state index contributed by atoms with van der Waals surface area (Å²) in [4.78, 5) is 12.1. The number of hydrogen-bond acceptors (Lipinski definition) is 4. The number of ether oxygens (including phenoxy) is 1. The number of carbonyl (C=O) groups is 1. The highest BCUT2D eigenvalue weighted by Gasteiger charge is 2.27. The molecule has 6 nitrogen and oxygen atoms in total. The third-order valence-electron chi connectivity index (χ3n) is 4.09. The lowest BCUT2D eigenvalue weighted by atomic mass is 10.2. The van der Waals surface area contributed by atoms with Crippen molar-refractivity contribution in [3.8, 4) is 11.5 Å².